The van der Waals surface area contributed by atoms with E-state index >= 15 is 0 Å². The van der Waals surface area contributed by atoms with Gasteiger partial charge in [-0.15, -0.1) is 0 Å². The van der Waals surface area contributed by atoms with Crippen molar-refractivity contribution < 1.29 is 0 Å². The Balaban J connectivity index is 1.19. The van der Waals surface area contributed by atoms with E-state index in [1.54, 1.807) is 0 Å². The van der Waals surface area contributed by atoms with Gasteiger partial charge < -0.3 is 4.90 Å². The maximum atomic E-state index is 2.41. The summed E-state index contributed by atoms with van der Waals surface area (Å²) in [6.07, 6.45) is 0. The first-order chi connectivity index (χ1) is 24.3. The van der Waals surface area contributed by atoms with Crippen molar-refractivity contribution in [3.05, 3.63) is 200 Å². The van der Waals surface area contributed by atoms with Crippen molar-refractivity contribution in [1.82, 2.24) is 0 Å². The fourth-order valence-corrected chi connectivity index (χ4v) is 7.29. The molecule has 230 valence electrons. The van der Waals surface area contributed by atoms with Gasteiger partial charge >= 0.3 is 0 Å². The lowest BCUT2D eigenvalue weighted by Crippen LogP contribution is -2.11. The fraction of sp³-hybridized carbons (Fsp3) is 0. The number of hydrogen-bond acceptors (Lipinski definition) is 1. The quantitative estimate of drug-likeness (QED) is 0.178. The molecule has 1 heteroatoms. The lowest BCUT2D eigenvalue weighted by atomic mass is 9.89. The van der Waals surface area contributed by atoms with E-state index in [0.29, 0.717) is 0 Å². The average Bonchev–Trinajstić information content (AvgIpc) is 3.18. The van der Waals surface area contributed by atoms with Crippen molar-refractivity contribution in [2.75, 3.05) is 4.90 Å². The van der Waals surface area contributed by atoms with E-state index in [-0.39, 0.29) is 0 Å². The summed E-state index contributed by atoms with van der Waals surface area (Å²) in [5.74, 6) is 0. The van der Waals surface area contributed by atoms with Gasteiger partial charge in [-0.05, 0) is 85.3 Å². The zero-order valence-electron chi connectivity index (χ0n) is 27.0. The molecular formula is C48H33N. The number of anilines is 3. The summed E-state index contributed by atoms with van der Waals surface area (Å²) in [7, 11) is 0. The molecule has 1 nitrogen and oxygen atoms in total. The molecule has 0 unspecified atom stereocenters. The van der Waals surface area contributed by atoms with Gasteiger partial charge in [-0.2, -0.15) is 0 Å². The van der Waals surface area contributed by atoms with Gasteiger partial charge in [0.15, 0.2) is 0 Å². The maximum absolute atomic E-state index is 2.41. The van der Waals surface area contributed by atoms with E-state index in [2.05, 4.69) is 205 Å². The van der Waals surface area contributed by atoms with Crippen molar-refractivity contribution in [1.29, 1.82) is 0 Å². The molecule has 0 fully saturated rings. The molecule has 0 saturated heterocycles. The summed E-state index contributed by atoms with van der Waals surface area (Å²) in [5.41, 5.74) is 10.7. The van der Waals surface area contributed by atoms with Crippen molar-refractivity contribution >= 4 is 49.4 Å². The summed E-state index contributed by atoms with van der Waals surface area (Å²) in [4.78, 5) is 2.41. The van der Waals surface area contributed by atoms with Crippen LogP contribution in [-0.2, 0) is 0 Å². The number of fused-ring (bicyclic) bond motifs is 3. The zero-order chi connectivity index (χ0) is 32.6. The highest BCUT2D eigenvalue weighted by Crippen LogP contribution is 2.43. The lowest BCUT2D eigenvalue weighted by molar-refractivity contribution is 1.31. The largest absolute Gasteiger partial charge is 0.309 e. The molecule has 0 aliphatic rings. The Labute approximate surface area is 287 Å². The van der Waals surface area contributed by atoms with Crippen LogP contribution in [0.4, 0.5) is 17.1 Å². The molecule has 0 heterocycles. The Morgan fingerprint density at radius 1 is 0.265 bits per heavy atom. The summed E-state index contributed by atoms with van der Waals surface area (Å²) in [5, 5.41) is 7.40. The van der Waals surface area contributed by atoms with Crippen LogP contribution in [0.25, 0.3) is 65.7 Å². The third-order valence-corrected chi connectivity index (χ3v) is 9.66. The van der Waals surface area contributed by atoms with Crippen LogP contribution in [-0.4, -0.2) is 0 Å². The molecule has 0 aromatic heterocycles. The van der Waals surface area contributed by atoms with Gasteiger partial charge in [0.1, 0.15) is 0 Å². The number of hydrogen-bond donors (Lipinski definition) is 0. The van der Waals surface area contributed by atoms with Crippen LogP contribution in [0.15, 0.2) is 200 Å². The summed E-state index contributed by atoms with van der Waals surface area (Å²) in [6.45, 7) is 0. The molecule has 9 aromatic carbocycles. The van der Waals surface area contributed by atoms with Crippen molar-refractivity contribution in [2.24, 2.45) is 0 Å². The highest BCUT2D eigenvalue weighted by Gasteiger charge is 2.18. The maximum Gasteiger partial charge on any atom is 0.0540 e. The van der Waals surface area contributed by atoms with E-state index in [1.165, 1.54) is 65.7 Å². The van der Waals surface area contributed by atoms with Gasteiger partial charge in [-0.1, -0.05) is 170 Å². The van der Waals surface area contributed by atoms with E-state index in [1.807, 2.05) is 0 Å². The Morgan fingerprint density at radius 3 is 1.39 bits per heavy atom. The molecule has 0 radical (unpaired) electrons. The van der Waals surface area contributed by atoms with Crippen LogP contribution in [0.5, 0.6) is 0 Å². The molecule has 0 saturated carbocycles. The minimum Gasteiger partial charge on any atom is -0.309 e. The standard InChI is InChI=1S/C48H33N/c1-2-13-38(14-3-1)46-33-39(29-32-45(46)44-24-10-18-35-15-4-7-21-41(35)44)34-27-30-40(31-28-34)49(47-25-11-19-36-16-5-8-22-42(36)47)48-26-12-20-37-17-6-9-23-43(37)48/h1-33H. The summed E-state index contributed by atoms with van der Waals surface area (Å²) >= 11 is 0. The van der Waals surface area contributed by atoms with E-state index < -0.39 is 0 Å². The van der Waals surface area contributed by atoms with Crippen molar-refractivity contribution in [3.8, 4) is 33.4 Å². The summed E-state index contributed by atoms with van der Waals surface area (Å²) < 4.78 is 0. The van der Waals surface area contributed by atoms with E-state index in [9.17, 15) is 0 Å². The third-order valence-electron chi connectivity index (χ3n) is 9.66. The van der Waals surface area contributed by atoms with Gasteiger partial charge in [0.05, 0.1) is 11.4 Å². The third kappa shape index (κ3) is 5.23. The first-order valence-electron chi connectivity index (χ1n) is 16.9. The van der Waals surface area contributed by atoms with E-state index in [0.717, 1.165) is 17.1 Å². The molecule has 0 aliphatic heterocycles. The normalized spacial score (nSPS) is 11.3. The second-order valence-corrected chi connectivity index (χ2v) is 12.5. The van der Waals surface area contributed by atoms with Gasteiger partial charge in [0.25, 0.3) is 0 Å². The number of rotatable bonds is 6. The Hall–Kier alpha value is -6.44. The van der Waals surface area contributed by atoms with Crippen molar-refractivity contribution in [3.63, 3.8) is 0 Å². The molecule has 0 amide bonds. The molecule has 9 rings (SSSR count). The predicted octanol–water partition coefficient (Wildman–Crippen LogP) is 13.6. The topological polar surface area (TPSA) is 3.24 Å². The Morgan fingerprint density at radius 2 is 0.755 bits per heavy atom. The SMILES string of the molecule is c1ccc(-c2cc(-c3ccc(N(c4cccc5ccccc45)c4cccc5ccccc45)cc3)ccc2-c2cccc3ccccc23)cc1. The Kier molecular flexibility index (Phi) is 7.22. The van der Waals surface area contributed by atoms with Crippen molar-refractivity contribution in [2.45, 2.75) is 0 Å². The molecule has 0 spiro atoms. The van der Waals surface area contributed by atoms with Gasteiger partial charge in [0, 0.05) is 16.5 Å². The second kappa shape index (κ2) is 12.3. The predicted molar refractivity (Wildman–Crippen MR) is 210 cm³/mol. The second-order valence-electron chi connectivity index (χ2n) is 12.5. The minimum atomic E-state index is 1.12. The number of nitrogens with zero attached hydrogens (tertiary/aromatic N) is 1. The van der Waals surface area contributed by atoms with Crippen LogP contribution in [0, 0.1) is 0 Å². The summed E-state index contributed by atoms with van der Waals surface area (Å²) in [6, 6.07) is 72.4. The molecular weight excluding hydrogens is 591 g/mol. The smallest absolute Gasteiger partial charge is 0.0540 e. The van der Waals surface area contributed by atoms with Crippen LogP contribution < -0.4 is 4.90 Å². The first kappa shape index (κ1) is 28.8. The van der Waals surface area contributed by atoms with Gasteiger partial charge in [-0.25, -0.2) is 0 Å². The monoisotopic (exact) mass is 623 g/mol. The van der Waals surface area contributed by atoms with Crippen LogP contribution >= 0.6 is 0 Å². The lowest BCUT2D eigenvalue weighted by Gasteiger charge is -2.28. The Bertz CT molecular complexity index is 2500. The first-order valence-corrected chi connectivity index (χ1v) is 16.9. The highest BCUT2D eigenvalue weighted by molar-refractivity contribution is 6.05. The molecule has 0 atom stereocenters. The molecule has 9 aromatic rings. The van der Waals surface area contributed by atoms with E-state index in [4.69, 9.17) is 0 Å². The van der Waals surface area contributed by atoms with Crippen LogP contribution in [0.2, 0.25) is 0 Å². The van der Waals surface area contributed by atoms with Gasteiger partial charge in [-0.3, -0.25) is 0 Å². The minimum absolute atomic E-state index is 1.12. The molecule has 49 heavy (non-hydrogen) atoms. The molecule has 0 bridgehead atoms. The zero-order valence-corrected chi connectivity index (χ0v) is 27.0. The number of benzene rings is 9. The highest BCUT2D eigenvalue weighted by atomic mass is 15.1. The van der Waals surface area contributed by atoms with Crippen LogP contribution in [0.3, 0.4) is 0 Å². The molecule has 0 aliphatic carbocycles. The average molecular weight is 624 g/mol. The fourth-order valence-electron chi connectivity index (χ4n) is 7.29. The van der Waals surface area contributed by atoms with Gasteiger partial charge in [0.2, 0.25) is 0 Å². The molecule has 0 N–H and O–H groups in total. The van der Waals surface area contributed by atoms with Crippen LogP contribution in [0.1, 0.15) is 0 Å².